The molecule has 1 rings (SSSR count). The molecule has 1 amide bonds. The molecule has 4 N–H and O–H groups in total. The highest BCUT2D eigenvalue weighted by atomic mass is 32.2. The monoisotopic (exact) mass is 268 g/mol. The lowest BCUT2D eigenvalue weighted by molar-refractivity contribution is -0.111. The maximum atomic E-state index is 10.7. The normalized spacial score (nSPS) is 11.7. The molecule has 0 heterocycles. The van der Waals surface area contributed by atoms with Gasteiger partial charge >= 0.3 is 0 Å². The smallest absolute Gasteiger partial charge is 0.294 e. The van der Waals surface area contributed by atoms with Crippen molar-refractivity contribution in [1.29, 1.82) is 5.26 Å². The predicted molar refractivity (Wildman–Crippen MR) is 62.1 cm³/mol. The van der Waals surface area contributed by atoms with E-state index in [0.29, 0.717) is 5.69 Å². The fourth-order valence-corrected chi connectivity index (χ4v) is 1.44. The minimum atomic E-state index is -4.26. The average molecular weight is 268 g/mol. The molecular formula is C9H8N4O4S. The number of nitrogens with one attached hydrogen (secondary N) is 1. The first-order chi connectivity index (χ1) is 8.34. The third-order valence-electron chi connectivity index (χ3n) is 1.79. The molecule has 0 aromatic heterocycles. The summed E-state index contributed by atoms with van der Waals surface area (Å²) in [5, 5.41) is 11.9. The highest BCUT2D eigenvalue weighted by molar-refractivity contribution is 7.85. The Hall–Kier alpha value is -2.44. The second-order valence-corrected chi connectivity index (χ2v) is 4.47. The second-order valence-electron chi connectivity index (χ2n) is 3.05. The number of nitrogens with zero attached hydrogens (tertiary/aromatic N) is 2. The first-order valence-corrected chi connectivity index (χ1v) is 5.90. The predicted octanol–water partition coefficient (Wildman–Crippen LogP) is -0.290. The lowest BCUT2D eigenvalue weighted by Crippen LogP contribution is -2.22. The van der Waals surface area contributed by atoms with E-state index in [1.54, 1.807) is 0 Å². The van der Waals surface area contributed by atoms with Crippen molar-refractivity contribution in [1.82, 2.24) is 0 Å². The van der Waals surface area contributed by atoms with Crippen LogP contribution >= 0.6 is 0 Å². The van der Waals surface area contributed by atoms with Crippen LogP contribution < -0.4 is 11.2 Å². The van der Waals surface area contributed by atoms with Crippen molar-refractivity contribution in [3.63, 3.8) is 0 Å². The summed E-state index contributed by atoms with van der Waals surface area (Å²) in [4.78, 5) is 10.4. The molecule has 0 saturated carbocycles. The molecule has 0 aliphatic carbocycles. The summed E-state index contributed by atoms with van der Waals surface area (Å²) in [6.07, 6.45) is 0. The summed E-state index contributed by atoms with van der Waals surface area (Å²) < 4.78 is 30.2. The number of benzene rings is 1. The Balaban J connectivity index is 2.89. The first-order valence-electron chi connectivity index (χ1n) is 4.46. The quantitative estimate of drug-likeness (QED) is 0.388. The molecule has 0 radical (unpaired) electrons. The summed E-state index contributed by atoms with van der Waals surface area (Å²) in [5.41, 5.74) is 6.99. The van der Waals surface area contributed by atoms with Gasteiger partial charge in [0.25, 0.3) is 16.0 Å². The van der Waals surface area contributed by atoms with Gasteiger partial charge < -0.3 is 5.73 Å². The second kappa shape index (κ2) is 5.26. The van der Waals surface area contributed by atoms with Crippen LogP contribution in [0.5, 0.6) is 0 Å². The Morgan fingerprint density at radius 1 is 1.39 bits per heavy atom. The Labute approximate surface area is 102 Å². The zero-order valence-corrected chi connectivity index (χ0v) is 9.68. The summed E-state index contributed by atoms with van der Waals surface area (Å²) in [5.74, 6) is -0.987. The first kappa shape index (κ1) is 13.6. The topological polar surface area (TPSA) is 146 Å². The zero-order chi connectivity index (χ0) is 13.8. The molecule has 0 fully saturated rings. The van der Waals surface area contributed by atoms with Gasteiger partial charge in [0, 0.05) is 0 Å². The average Bonchev–Trinajstić information content (AvgIpc) is 2.29. The van der Waals surface area contributed by atoms with Crippen LogP contribution in [-0.4, -0.2) is 24.6 Å². The number of hydrogen-bond acceptors (Lipinski definition) is 6. The molecule has 1 aromatic carbocycles. The number of anilines is 1. The fraction of sp³-hybridized carbons (Fsp3) is 0. The largest absolute Gasteiger partial charge is 0.364 e. The minimum absolute atomic E-state index is 0.285. The minimum Gasteiger partial charge on any atom is -0.364 e. The summed E-state index contributed by atoms with van der Waals surface area (Å²) in [6.45, 7) is 0. The molecule has 9 heteroatoms. The Bertz CT molecular complexity index is 628. The number of rotatable bonds is 4. The molecule has 0 spiro atoms. The Morgan fingerprint density at radius 3 is 2.33 bits per heavy atom. The van der Waals surface area contributed by atoms with Gasteiger partial charge in [0.2, 0.25) is 5.71 Å². The van der Waals surface area contributed by atoms with E-state index in [2.05, 4.69) is 10.5 Å². The number of amides is 1. The lowest BCUT2D eigenvalue weighted by Gasteiger charge is -2.01. The molecular weight excluding hydrogens is 260 g/mol. The number of carbonyl (C=O) groups excluding carboxylic acids is 1. The Morgan fingerprint density at radius 2 is 1.94 bits per heavy atom. The molecule has 1 aromatic rings. The van der Waals surface area contributed by atoms with Crippen molar-refractivity contribution in [2.75, 3.05) is 5.43 Å². The maximum absolute atomic E-state index is 10.7. The van der Waals surface area contributed by atoms with E-state index in [1.165, 1.54) is 18.2 Å². The van der Waals surface area contributed by atoms with E-state index in [0.717, 1.165) is 12.1 Å². The van der Waals surface area contributed by atoms with Gasteiger partial charge in [-0.2, -0.15) is 18.8 Å². The van der Waals surface area contributed by atoms with Gasteiger partial charge in [-0.1, -0.05) is 0 Å². The number of hydrogen-bond donors (Lipinski definition) is 3. The summed E-state index contributed by atoms with van der Waals surface area (Å²) >= 11 is 0. The van der Waals surface area contributed by atoms with Crippen LogP contribution in [0.4, 0.5) is 5.69 Å². The van der Waals surface area contributed by atoms with Gasteiger partial charge in [-0.05, 0) is 24.3 Å². The van der Waals surface area contributed by atoms with Gasteiger partial charge in [-0.15, -0.1) is 0 Å². The van der Waals surface area contributed by atoms with E-state index < -0.39 is 21.7 Å². The molecule has 18 heavy (non-hydrogen) atoms. The lowest BCUT2D eigenvalue weighted by atomic mass is 10.3. The van der Waals surface area contributed by atoms with E-state index in [-0.39, 0.29) is 4.90 Å². The molecule has 0 bridgehead atoms. The summed E-state index contributed by atoms with van der Waals surface area (Å²) in [7, 11) is -4.26. The zero-order valence-electron chi connectivity index (χ0n) is 8.86. The van der Waals surface area contributed by atoms with Crippen LogP contribution in [0, 0.1) is 11.3 Å². The van der Waals surface area contributed by atoms with Crippen LogP contribution in [0.1, 0.15) is 0 Å². The third kappa shape index (κ3) is 3.55. The molecule has 94 valence electrons. The standard InChI is InChI=1S/C9H8N4O4S/c10-5-8(9(11)14)13-12-6-1-3-7(4-2-6)18(15,16)17/h1-4,12H,(H2,11,14)(H,15,16,17). The fourth-order valence-electron chi connectivity index (χ4n) is 0.957. The van der Waals surface area contributed by atoms with Crippen molar-refractivity contribution >= 4 is 27.4 Å². The van der Waals surface area contributed by atoms with E-state index in [4.69, 9.17) is 15.5 Å². The van der Waals surface area contributed by atoms with Crippen LogP contribution in [0.2, 0.25) is 0 Å². The van der Waals surface area contributed by atoms with Crippen LogP contribution in [0.25, 0.3) is 0 Å². The summed E-state index contributed by atoms with van der Waals surface area (Å²) in [6, 6.07) is 6.33. The number of primary amides is 1. The number of carbonyl (C=O) groups is 1. The highest BCUT2D eigenvalue weighted by Gasteiger charge is 2.08. The van der Waals surface area contributed by atoms with Crippen LogP contribution in [-0.2, 0) is 14.9 Å². The van der Waals surface area contributed by atoms with Crippen LogP contribution in [0.3, 0.4) is 0 Å². The van der Waals surface area contributed by atoms with Gasteiger partial charge in [-0.3, -0.25) is 14.8 Å². The molecule has 0 unspecified atom stereocenters. The van der Waals surface area contributed by atoms with Gasteiger partial charge in [0.15, 0.2) is 0 Å². The third-order valence-corrected chi connectivity index (χ3v) is 2.66. The Kier molecular flexibility index (Phi) is 3.98. The maximum Gasteiger partial charge on any atom is 0.294 e. The van der Waals surface area contributed by atoms with E-state index in [9.17, 15) is 13.2 Å². The molecule has 0 aliphatic heterocycles. The number of nitriles is 1. The highest BCUT2D eigenvalue weighted by Crippen LogP contribution is 2.13. The van der Waals surface area contributed by atoms with Crippen molar-refractivity contribution in [2.45, 2.75) is 4.90 Å². The van der Waals surface area contributed by atoms with Gasteiger partial charge in [0.1, 0.15) is 6.07 Å². The van der Waals surface area contributed by atoms with Crippen molar-refractivity contribution in [3.8, 4) is 6.07 Å². The SMILES string of the molecule is N#CC(=NNc1ccc(S(=O)(=O)O)cc1)C(N)=O. The van der Waals surface area contributed by atoms with Crippen molar-refractivity contribution < 1.29 is 17.8 Å². The van der Waals surface area contributed by atoms with Crippen molar-refractivity contribution in [2.24, 2.45) is 10.8 Å². The van der Waals surface area contributed by atoms with Crippen LogP contribution in [0.15, 0.2) is 34.3 Å². The molecule has 8 nitrogen and oxygen atoms in total. The van der Waals surface area contributed by atoms with E-state index in [1.807, 2.05) is 0 Å². The van der Waals surface area contributed by atoms with E-state index >= 15 is 0 Å². The van der Waals surface area contributed by atoms with Gasteiger partial charge in [0.05, 0.1) is 10.6 Å². The molecule has 0 atom stereocenters. The molecule has 0 saturated heterocycles. The molecule has 0 aliphatic rings. The van der Waals surface area contributed by atoms with Crippen molar-refractivity contribution in [3.05, 3.63) is 24.3 Å². The number of hydrazone groups is 1. The number of nitrogens with two attached hydrogens (primary N) is 1. The van der Waals surface area contributed by atoms with Gasteiger partial charge in [-0.25, -0.2) is 0 Å².